The van der Waals surface area contributed by atoms with E-state index in [4.69, 9.17) is 4.74 Å². The molecular weight excluding hydrogens is 396 g/mol. The highest BCUT2D eigenvalue weighted by atomic mass is 127. The van der Waals surface area contributed by atoms with Gasteiger partial charge in [0.05, 0.1) is 13.2 Å². The average molecular weight is 423 g/mol. The van der Waals surface area contributed by atoms with Crippen molar-refractivity contribution in [1.82, 2.24) is 10.6 Å². The molecule has 1 aromatic rings. The smallest absolute Gasteiger partial charge is 0.191 e. The second-order valence-corrected chi connectivity index (χ2v) is 5.51. The van der Waals surface area contributed by atoms with Gasteiger partial charge in [0.15, 0.2) is 5.96 Å². The first kappa shape index (κ1) is 21.1. The van der Waals surface area contributed by atoms with Crippen LogP contribution in [0.15, 0.2) is 29.3 Å². The number of halogens is 2. The van der Waals surface area contributed by atoms with Gasteiger partial charge in [0.1, 0.15) is 5.82 Å². The quantitative estimate of drug-likeness (QED) is 0.307. The lowest BCUT2D eigenvalue weighted by atomic mass is 9.85. The zero-order valence-electron chi connectivity index (χ0n) is 13.8. The molecule has 6 heteroatoms. The molecule has 126 valence electrons. The highest BCUT2D eigenvalue weighted by Crippen LogP contribution is 2.23. The molecule has 0 aliphatic carbocycles. The van der Waals surface area contributed by atoms with E-state index in [2.05, 4.69) is 29.5 Å². The average Bonchev–Trinajstić information content (AvgIpc) is 2.45. The lowest BCUT2D eigenvalue weighted by Gasteiger charge is -2.24. The molecule has 2 N–H and O–H groups in total. The molecule has 0 amide bonds. The van der Waals surface area contributed by atoms with Crippen LogP contribution in [-0.4, -0.2) is 39.3 Å². The van der Waals surface area contributed by atoms with Crippen LogP contribution in [0.5, 0.6) is 0 Å². The molecule has 0 fully saturated rings. The van der Waals surface area contributed by atoms with Crippen molar-refractivity contribution in [3.63, 3.8) is 0 Å². The second-order valence-electron chi connectivity index (χ2n) is 5.51. The summed E-state index contributed by atoms with van der Waals surface area (Å²) in [6, 6.07) is 6.70. The number of methoxy groups -OCH3 is 1. The van der Waals surface area contributed by atoms with E-state index in [9.17, 15) is 4.39 Å². The van der Waals surface area contributed by atoms with Crippen molar-refractivity contribution in [2.75, 3.05) is 33.4 Å². The summed E-state index contributed by atoms with van der Waals surface area (Å²) in [5.74, 6) is 0.536. The van der Waals surface area contributed by atoms with Crippen LogP contribution in [0.25, 0.3) is 0 Å². The van der Waals surface area contributed by atoms with Gasteiger partial charge in [-0.3, -0.25) is 4.99 Å². The fraction of sp³-hybridized carbons (Fsp3) is 0.562. The molecular formula is C16H27FIN3O. The third-order valence-corrected chi connectivity index (χ3v) is 3.18. The first-order valence-corrected chi connectivity index (χ1v) is 7.26. The Labute approximate surface area is 149 Å². The van der Waals surface area contributed by atoms with Crippen LogP contribution in [0.3, 0.4) is 0 Å². The van der Waals surface area contributed by atoms with E-state index >= 15 is 0 Å². The lowest BCUT2D eigenvalue weighted by Crippen LogP contribution is -2.40. The van der Waals surface area contributed by atoms with Crippen LogP contribution < -0.4 is 10.6 Å². The van der Waals surface area contributed by atoms with Gasteiger partial charge in [-0.2, -0.15) is 0 Å². The lowest BCUT2D eigenvalue weighted by molar-refractivity contribution is 0.203. The molecule has 1 rings (SSSR count). The molecule has 0 aromatic heterocycles. The van der Waals surface area contributed by atoms with Gasteiger partial charge in [-0.15, -0.1) is 24.0 Å². The molecule has 0 spiro atoms. The fourth-order valence-corrected chi connectivity index (χ4v) is 1.89. The maximum absolute atomic E-state index is 13.3. The van der Waals surface area contributed by atoms with Crippen LogP contribution >= 0.6 is 24.0 Å². The Kier molecular flexibility index (Phi) is 10.3. The second kappa shape index (κ2) is 10.8. The highest BCUT2D eigenvalue weighted by Gasteiger charge is 2.20. The van der Waals surface area contributed by atoms with Gasteiger partial charge in [0.2, 0.25) is 0 Å². The van der Waals surface area contributed by atoms with Gasteiger partial charge in [-0.25, -0.2) is 4.39 Å². The number of aliphatic imine (C=N–C) groups is 1. The molecule has 0 bridgehead atoms. The van der Waals surface area contributed by atoms with E-state index in [0.717, 1.165) is 18.1 Å². The normalized spacial score (nSPS) is 11.8. The van der Waals surface area contributed by atoms with Crippen molar-refractivity contribution >= 4 is 29.9 Å². The summed E-state index contributed by atoms with van der Waals surface area (Å²) in [5, 5.41) is 6.38. The SMILES string of the molecule is CCNC(=NCC(C)(C)c1cccc(F)c1)NCCOC.I. The van der Waals surface area contributed by atoms with Crippen molar-refractivity contribution in [2.24, 2.45) is 4.99 Å². The zero-order valence-corrected chi connectivity index (χ0v) is 16.1. The van der Waals surface area contributed by atoms with E-state index < -0.39 is 0 Å². The molecule has 0 saturated carbocycles. The molecule has 0 unspecified atom stereocenters. The number of nitrogens with zero attached hydrogens (tertiary/aromatic N) is 1. The largest absolute Gasteiger partial charge is 0.383 e. The van der Waals surface area contributed by atoms with Crippen LogP contribution in [0.2, 0.25) is 0 Å². The molecule has 4 nitrogen and oxygen atoms in total. The van der Waals surface area contributed by atoms with E-state index in [1.807, 2.05) is 13.0 Å². The van der Waals surface area contributed by atoms with Crippen LogP contribution in [-0.2, 0) is 10.2 Å². The van der Waals surface area contributed by atoms with Crippen molar-refractivity contribution in [1.29, 1.82) is 0 Å². The third-order valence-electron chi connectivity index (χ3n) is 3.18. The maximum atomic E-state index is 13.3. The van der Waals surface area contributed by atoms with E-state index in [1.165, 1.54) is 6.07 Å². The minimum atomic E-state index is -0.230. The Morgan fingerprint density at radius 3 is 2.64 bits per heavy atom. The van der Waals surface area contributed by atoms with Crippen molar-refractivity contribution in [3.8, 4) is 0 Å². The number of benzene rings is 1. The Morgan fingerprint density at radius 1 is 1.32 bits per heavy atom. The molecule has 0 aliphatic rings. The van der Waals surface area contributed by atoms with Gasteiger partial charge in [-0.1, -0.05) is 26.0 Å². The Bertz CT molecular complexity index is 466. The van der Waals surface area contributed by atoms with Crippen molar-refractivity contribution in [3.05, 3.63) is 35.6 Å². The van der Waals surface area contributed by atoms with E-state index in [1.54, 1.807) is 19.2 Å². The number of ether oxygens (including phenoxy) is 1. The molecule has 0 saturated heterocycles. The fourth-order valence-electron chi connectivity index (χ4n) is 1.89. The summed E-state index contributed by atoms with van der Waals surface area (Å²) in [4.78, 5) is 4.58. The molecule has 0 heterocycles. The number of hydrogen-bond donors (Lipinski definition) is 2. The zero-order chi connectivity index (χ0) is 15.7. The van der Waals surface area contributed by atoms with Crippen LogP contribution in [0, 0.1) is 5.82 Å². The van der Waals surface area contributed by atoms with Crippen molar-refractivity contribution < 1.29 is 9.13 Å². The monoisotopic (exact) mass is 423 g/mol. The number of rotatable bonds is 7. The Morgan fingerprint density at radius 2 is 2.05 bits per heavy atom. The van der Waals surface area contributed by atoms with Gasteiger partial charge in [0.25, 0.3) is 0 Å². The predicted octanol–water partition coefficient (Wildman–Crippen LogP) is 2.92. The maximum Gasteiger partial charge on any atom is 0.191 e. The van der Waals surface area contributed by atoms with Crippen LogP contribution in [0.4, 0.5) is 4.39 Å². The molecule has 1 aromatic carbocycles. The summed E-state index contributed by atoms with van der Waals surface area (Å²) >= 11 is 0. The highest BCUT2D eigenvalue weighted by molar-refractivity contribution is 14.0. The number of nitrogens with one attached hydrogen (secondary N) is 2. The van der Waals surface area contributed by atoms with Gasteiger partial charge < -0.3 is 15.4 Å². The summed E-state index contributed by atoms with van der Waals surface area (Å²) in [5.41, 5.74) is 0.713. The number of hydrogen-bond acceptors (Lipinski definition) is 2. The van der Waals surface area contributed by atoms with Crippen LogP contribution in [0.1, 0.15) is 26.3 Å². The van der Waals surface area contributed by atoms with Gasteiger partial charge >= 0.3 is 0 Å². The molecule has 0 atom stereocenters. The van der Waals surface area contributed by atoms with E-state index in [0.29, 0.717) is 19.7 Å². The van der Waals surface area contributed by atoms with Gasteiger partial charge in [-0.05, 0) is 24.6 Å². The van der Waals surface area contributed by atoms with E-state index in [-0.39, 0.29) is 35.2 Å². The Hall–Kier alpha value is -0.890. The molecule has 0 radical (unpaired) electrons. The first-order chi connectivity index (χ1) is 9.99. The predicted molar refractivity (Wildman–Crippen MR) is 101 cm³/mol. The third kappa shape index (κ3) is 7.40. The Balaban J connectivity index is 0.00000441. The summed E-state index contributed by atoms with van der Waals surface area (Å²) in [6.45, 7) is 8.82. The minimum Gasteiger partial charge on any atom is -0.383 e. The first-order valence-electron chi connectivity index (χ1n) is 7.26. The summed E-state index contributed by atoms with van der Waals surface area (Å²) < 4.78 is 18.4. The summed E-state index contributed by atoms with van der Waals surface area (Å²) in [7, 11) is 1.67. The standard InChI is InChI=1S/C16H26FN3O.HI/c1-5-18-15(19-9-10-21-4)20-12-16(2,3)13-7-6-8-14(17)11-13;/h6-8,11H,5,9-10,12H2,1-4H3,(H2,18,19,20);1H. The van der Waals surface area contributed by atoms with Gasteiger partial charge in [0, 0.05) is 25.6 Å². The van der Waals surface area contributed by atoms with Crippen molar-refractivity contribution in [2.45, 2.75) is 26.2 Å². The summed E-state index contributed by atoms with van der Waals surface area (Å²) in [6.07, 6.45) is 0. The molecule has 22 heavy (non-hydrogen) atoms. The molecule has 0 aliphatic heterocycles. The topological polar surface area (TPSA) is 45.7 Å². The minimum absolute atomic E-state index is 0. The number of guanidine groups is 1.